The van der Waals surface area contributed by atoms with Gasteiger partial charge in [0.15, 0.2) is 5.69 Å². The van der Waals surface area contributed by atoms with Crippen molar-refractivity contribution in [3.05, 3.63) is 93.9 Å². The average Bonchev–Trinajstić information content (AvgIpc) is 3.00. The Kier molecular flexibility index (Phi) is 5.29. The number of carboxylic acid groups (broad SMARTS) is 1. The Labute approximate surface area is 164 Å². The van der Waals surface area contributed by atoms with Gasteiger partial charge in [-0.2, -0.15) is 0 Å². The molecule has 1 aromatic heterocycles. The van der Waals surface area contributed by atoms with E-state index in [-0.39, 0.29) is 5.69 Å². The van der Waals surface area contributed by atoms with Crippen LogP contribution in [0.5, 0.6) is 0 Å². The molecule has 0 radical (unpaired) electrons. The Morgan fingerprint density at radius 2 is 1.75 bits per heavy atom. The molecule has 0 aliphatic rings. The average molecular weight is 369 g/mol. The molecule has 0 atom stereocenters. The fraction of sp³-hybridized carbons (Fsp3) is 0.174. The minimum absolute atomic E-state index is 0.133. The summed E-state index contributed by atoms with van der Waals surface area (Å²) in [6.07, 6.45) is 1.20. The van der Waals surface area contributed by atoms with E-state index in [1.165, 1.54) is 0 Å². The largest absolute Gasteiger partial charge is 0.477 e. The first-order chi connectivity index (χ1) is 13.5. The molecule has 0 amide bonds. The zero-order valence-corrected chi connectivity index (χ0v) is 15.7. The van der Waals surface area contributed by atoms with E-state index >= 15 is 0 Å². The van der Waals surface area contributed by atoms with E-state index in [0.717, 1.165) is 16.8 Å². The summed E-state index contributed by atoms with van der Waals surface area (Å²) >= 11 is 0. The summed E-state index contributed by atoms with van der Waals surface area (Å²) in [5, 5.41) is 9.69. The standard InChI is InChI=1S/C23H19N3O2/c1-5-19-21(25-3)20(22(23(27)28)26(19)4)16-12-10-15(11-13-16)14-17-8-6-7-9-18(17)24-2/h6-13H,5,14H2,1,4H3,(H,27,28). The number of carboxylic acids is 1. The third-order valence-corrected chi connectivity index (χ3v) is 4.89. The summed E-state index contributed by atoms with van der Waals surface area (Å²) in [4.78, 5) is 19.0. The Hall–Kier alpha value is -3.83. The summed E-state index contributed by atoms with van der Waals surface area (Å²) in [5.74, 6) is -1.04. The van der Waals surface area contributed by atoms with E-state index in [0.29, 0.717) is 35.3 Å². The Bertz CT molecular complexity index is 1130. The number of hydrogen-bond donors (Lipinski definition) is 1. The van der Waals surface area contributed by atoms with E-state index in [1.807, 2.05) is 49.4 Å². The van der Waals surface area contributed by atoms with Crippen molar-refractivity contribution in [1.82, 2.24) is 4.57 Å². The Morgan fingerprint density at radius 1 is 1.07 bits per heavy atom. The van der Waals surface area contributed by atoms with Crippen molar-refractivity contribution in [2.75, 3.05) is 0 Å². The first kappa shape index (κ1) is 18.9. The lowest BCUT2D eigenvalue weighted by atomic mass is 9.98. The highest BCUT2D eigenvalue weighted by molar-refractivity contribution is 6.00. The number of para-hydroxylation sites is 1. The van der Waals surface area contributed by atoms with Gasteiger partial charge in [-0.3, -0.25) is 0 Å². The quantitative estimate of drug-likeness (QED) is 0.591. The van der Waals surface area contributed by atoms with Crippen molar-refractivity contribution in [1.29, 1.82) is 0 Å². The third kappa shape index (κ3) is 3.26. The van der Waals surface area contributed by atoms with Crippen LogP contribution in [-0.4, -0.2) is 15.6 Å². The van der Waals surface area contributed by atoms with Crippen LogP contribution in [0.25, 0.3) is 20.8 Å². The van der Waals surface area contributed by atoms with E-state index in [4.69, 9.17) is 13.1 Å². The number of benzene rings is 2. The second-order valence-electron chi connectivity index (χ2n) is 6.46. The van der Waals surface area contributed by atoms with Crippen LogP contribution < -0.4 is 0 Å². The highest BCUT2D eigenvalue weighted by Crippen LogP contribution is 2.39. The van der Waals surface area contributed by atoms with E-state index in [1.54, 1.807) is 17.7 Å². The normalized spacial score (nSPS) is 10.3. The lowest BCUT2D eigenvalue weighted by molar-refractivity contribution is 0.0687. The first-order valence-corrected chi connectivity index (χ1v) is 8.88. The summed E-state index contributed by atoms with van der Waals surface area (Å²) in [5.41, 5.74) is 5.03. The van der Waals surface area contributed by atoms with Crippen LogP contribution >= 0.6 is 0 Å². The van der Waals surface area contributed by atoms with E-state index < -0.39 is 5.97 Å². The van der Waals surface area contributed by atoms with Crippen LogP contribution in [0.1, 0.15) is 34.2 Å². The molecule has 3 rings (SSSR count). The van der Waals surface area contributed by atoms with Crippen LogP contribution in [0.4, 0.5) is 11.4 Å². The Morgan fingerprint density at radius 3 is 2.32 bits per heavy atom. The number of hydrogen-bond acceptors (Lipinski definition) is 1. The predicted octanol–water partition coefficient (Wildman–Crippen LogP) is 5.65. The van der Waals surface area contributed by atoms with Crippen molar-refractivity contribution >= 4 is 17.3 Å². The van der Waals surface area contributed by atoms with Crippen molar-refractivity contribution in [3.8, 4) is 11.1 Å². The van der Waals surface area contributed by atoms with Gasteiger partial charge < -0.3 is 9.67 Å². The number of aromatic nitrogens is 1. The van der Waals surface area contributed by atoms with Gasteiger partial charge >= 0.3 is 5.97 Å². The molecule has 3 aromatic rings. The van der Waals surface area contributed by atoms with Gasteiger partial charge in [0.2, 0.25) is 5.69 Å². The summed E-state index contributed by atoms with van der Waals surface area (Å²) in [6, 6.07) is 15.1. The maximum Gasteiger partial charge on any atom is 0.351 e. The third-order valence-electron chi connectivity index (χ3n) is 4.89. The maximum absolute atomic E-state index is 11.8. The van der Waals surface area contributed by atoms with E-state index in [9.17, 15) is 9.90 Å². The van der Waals surface area contributed by atoms with Gasteiger partial charge in [0.05, 0.1) is 13.1 Å². The fourth-order valence-corrected chi connectivity index (χ4v) is 3.55. The molecule has 1 N–H and O–H groups in total. The minimum atomic E-state index is -1.04. The molecule has 138 valence electrons. The highest BCUT2D eigenvalue weighted by atomic mass is 16.4. The highest BCUT2D eigenvalue weighted by Gasteiger charge is 2.25. The van der Waals surface area contributed by atoms with E-state index in [2.05, 4.69) is 9.69 Å². The molecule has 0 fully saturated rings. The molecule has 0 saturated heterocycles. The van der Waals surface area contributed by atoms with Crippen LogP contribution in [0.15, 0.2) is 48.5 Å². The molecule has 0 spiro atoms. The number of rotatable bonds is 5. The van der Waals surface area contributed by atoms with Crippen molar-refractivity contribution < 1.29 is 9.90 Å². The van der Waals surface area contributed by atoms with Gasteiger partial charge in [-0.05, 0) is 29.5 Å². The van der Waals surface area contributed by atoms with Crippen molar-refractivity contribution in [2.24, 2.45) is 7.05 Å². The molecule has 0 unspecified atom stereocenters. The molecule has 0 aliphatic heterocycles. The minimum Gasteiger partial charge on any atom is -0.477 e. The van der Waals surface area contributed by atoms with Crippen LogP contribution in [-0.2, 0) is 19.9 Å². The molecule has 0 saturated carbocycles. The molecule has 0 bridgehead atoms. The maximum atomic E-state index is 11.8. The lowest BCUT2D eigenvalue weighted by Gasteiger charge is -2.08. The molecule has 5 nitrogen and oxygen atoms in total. The molecule has 1 heterocycles. The van der Waals surface area contributed by atoms with Gasteiger partial charge in [-0.1, -0.05) is 55.5 Å². The zero-order chi connectivity index (χ0) is 20.3. The van der Waals surface area contributed by atoms with Gasteiger partial charge in [0.25, 0.3) is 0 Å². The predicted molar refractivity (Wildman–Crippen MR) is 109 cm³/mol. The summed E-state index contributed by atoms with van der Waals surface area (Å²) < 4.78 is 1.60. The first-order valence-electron chi connectivity index (χ1n) is 8.88. The molecule has 0 aliphatic carbocycles. The Balaban J connectivity index is 2.04. The second-order valence-corrected chi connectivity index (χ2v) is 6.46. The van der Waals surface area contributed by atoms with Crippen LogP contribution in [0, 0.1) is 13.1 Å². The van der Waals surface area contributed by atoms with Gasteiger partial charge in [0, 0.05) is 18.3 Å². The molecular weight excluding hydrogens is 350 g/mol. The number of nitrogens with zero attached hydrogens (tertiary/aromatic N) is 3. The van der Waals surface area contributed by atoms with Gasteiger partial charge in [-0.15, -0.1) is 0 Å². The van der Waals surface area contributed by atoms with Gasteiger partial charge in [0.1, 0.15) is 5.69 Å². The number of carbonyl (C=O) groups is 1. The second kappa shape index (κ2) is 7.82. The molecule has 2 aromatic carbocycles. The van der Waals surface area contributed by atoms with Crippen LogP contribution in [0.2, 0.25) is 0 Å². The SMILES string of the molecule is [C-]#[N+]c1ccccc1Cc1ccc(-c2c([N+]#[C-])c(CC)n(C)c2C(=O)O)cc1. The molecule has 28 heavy (non-hydrogen) atoms. The monoisotopic (exact) mass is 369 g/mol. The lowest BCUT2D eigenvalue weighted by Crippen LogP contribution is -2.07. The molecular formula is C23H19N3O2. The summed E-state index contributed by atoms with van der Waals surface area (Å²) in [7, 11) is 1.69. The van der Waals surface area contributed by atoms with Crippen LogP contribution in [0.3, 0.4) is 0 Å². The smallest absolute Gasteiger partial charge is 0.351 e. The topological polar surface area (TPSA) is 51.0 Å². The molecule has 5 heteroatoms. The van der Waals surface area contributed by atoms with Crippen molar-refractivity contribution in [2.45, 2.75) is 19.8 Å². The zero-order valence-electron chi connectivity index (χ0n) is 15.7. The summed E-state index contributed by atoms with van der Waals surface area (Å²) in [6.45, 7) is 16.8. The van der Waals surface area contributed by atoms with Crippen molar-refractivity contribution in [3.63, 3.8) is 0 Å². The number of aromatic carboxylic acids is 1. The fourth-order valence-electron chi connectivity index (χ4n) is 3.55. The van der Waals surface area contributed by atoms with Gasteiger partial charge in [-0.25, -0.2) is 14.5 Å².